The number of hydrogen-bond acceptors (Lipinski definition) is 5. The van der Waals surface area contributed by atoms with E-state index >= 15 is 0 Å². The molecule has 0 aromatic rings. The van der Waals surface area contributed by atoms with Gasteiger partial charge in [-0.05, 0) is 64.3 Å². The highest BCUT2D eigenvalue weighted by Crippen LogP contribution is 2.24. The van der Waals surface area contributed by atoms with Gasteiger partial charge in [0.25, 0.3) is 0 Å². The number of rotatable bonds is 15. The largest absolute Gasteiger partial charge is 0.386 e. The lowest BCUT2D eigenvalue weighted by Crippen LogP contribution is -2.29. The van der Waals surface area contributed by atoms with E-state index in [4.69, 9.17) is 0 Å². The second kappa shape index (κ2) is 31.5. The molecule has 0 aromatic heterocycles. The summed E-state index contributed by atoms with van der Waals surface area (Å²) in [7, 11) is 3.35. The Bertz CT molecular complexity index is 758. The maximum absolute atomic E-state index is 12.1. The van der Waals surface area contributed by atoms with Gasteiger partial charge in [-0.1, -0.05) is 90.7 Å². The number of aldehydes is 1. The molecule has 1 saturated carbocycles. The summed E-state index contributed by atoms with van der Waals surface area (Å²) in [6, 6.07) is 0. The molecule has 1 atom stereocenters. The first-order valence-electron chi connectivity index (χ1n) is 14.9. The van der Waals surface area contributed by atoms with Gasteiger partial charge in [-0.15, -0.1) is 0 Å². The number of nitrogens with one attached hydrogen (secondary N) is 2. The van der Waals surface area contributed by atoms with Gasteiger partial charge in [-0.2, -0.15) is 0 Å². The van der Waals surface area contributed by atoms with Crippen molar-refractivity contribution in [2.24, 2.45) is 22.6 Å². The molecule has 1 fully saturated rings. The molecule has 0 saturated heterocycles. The zero-order valence-corrected chi connectivity index (χ0v) is 26.4. The summed E-state index contributed by atoms with van der Waals surface area (Å²) in [4.78, 5) is 27.1. The second-order valence-electron chi connectivity index (χ2n) is 8.76. The Labute approximate surface area is 241 Å². The average molecular weight is 545 g/mol. The summed E-state index contributed by atoms with van der Waals surface area (Å²) in [5, 5.41) is 6.13. The third kappa shape index (κ3) is 21.8. The van der Waals surface area contributed by atoms with E-state index in [1.54, 1.807) is 6.08 Å². The van der Waals surface area contributed by atoms with Crippen LogP contribution in [0, 0.1) is 11.8 Å². The first-order chi connectivity index (χ1) is 19.0. The average Bonchev–Trinajstić information content (AvgIpc) is 3.53. The van der Waals surface area contributed by atoms with Crippen molar-refractivity contribution >= 4 is 18.4 Å². The number of carbonyl (C=O) groups is 2. The zero-order chi connectivity index (χ0) is 30.3. The molecular weight excluding hydrogens is 484 g/mol. The number of nitrogens with zero attached hydrogens (tertiary/aromatic N) is 1. The summed E-state index contributed by atoms with van der Waals surface area (Å²) in [5.74, 6) is 0.668. The number of carbonyl (C=O) groups excluding carboxylic acids is 2. The normalized spacial score (nSPS) is 14.8. The monoisotopic (exact) mass is 544 g/mol. The van der Waals surface area contributed by atoms with E-state index in [1.807, 2.05) is 71.3 Å². The van der Waals surface area contributed by atoms with Crippen molar-refractivity contribution in [2.45, 2.75) is 99.3 Å². The standard InChI is InChI=1S/C21H31N3O.C9H18O.C2H6.CH5N/c1-5-10-17(7-3)16-24-20(19(22-4)11-6-2)14-15-23-21(25)18-12-8-9-13-18;1-3-5-7-9(8-10)6-4-2;2*1-2/h5-7,10-11,14,16,18,22H,2,8-9,12-13,15H2,1,3-4H3,(H,23,25);8-9H,3-7H2,1-2H3;1-2H3;2H2,1H3/b10-5-,17-7+,19-11+,20-14+,24-16-;;;. The van der Waals surface area contributed by atoms with Crippen molar-refractivity contribution in [2.75, 3.05) is 20.6 Å². The molecule has 1 rings (SSSR count). The number of unbranched alkanes of at least 4 members (excludes halogenated alkanes) is 1. The maximum atomic E-state index is 12.1. The van der Waals surface area contributed by atoms with Gasteiger partial charge in [0.1, 0.15) is 6.29 Å². The van der Waals surface area contributed by atoms with E-state index in [9.17, 15) is 9.59 Å². The van der Waals surface area contributed by atoms with Crippen LogP contribution in [0.4, 0.5) is 0 Å². The van der Waals surface area contributed by atoms with Crippen LogP contribution < -0.4 is 16.4 Å². The summed E-state index contributed by atoms with van der Waals surface area (Å²) in [5.41, 5.74) is 7.16. The molecule has 0 radical (unpaired) electrons. The fourth-order valence-electron chi connectivity index (χ4n) is 3.90. The van der Waals surface area contributed by atoms with Gasteiger partial charge in [0.2, 0.25) is 5.91 Å². The van der Waals surface area contributed by atoms with Gasteiger partial charge in [0, 0.05) is 31.6 Å². The number of allylic oxidation sites excluding steroid dienone is 6. The molecule has 0 bridgehead atoms. The Morgan fingerprint density at radius 2 is 1.74 bits per heavy atom. The molecule has 1 aliphatic rings. The van der Waals surface area contributed by atoms with Gasteiger partial charge in [-0.25, -0.2) is 0 Å². The third-order valence-electron chi connectivity index (χ3n) is 5.95. The molecule has 0 heterocycles. The quantitative estimate of drug-likeness (QED) is 0.113. The number of likely N-dealkylation sites (N-methyl/N-ethyl adjacent to an activating group) is 1. The Kier molecular flexibility index (Phi) is 32.9. The number of hydrogen-bond donors (Lipinski definition) is 3. The Balaban J connectivity index is -0.000000774. The highest BCUT2D eigenvalue weighted by atomic mass is 16.1. The van der Waals surface area contributed by atoms with E-state index in [2.05, 4.69) is 41.8 Å². The van der Waals surface area contributed by atoms with Crippen LogP contribution >= 0.6 is 0 Å². The second-order valence-corrected chi connectivity index (χ2v) is 8.76. The number of aliphatic imine (C=N–C) groups is 1. The minimum Gasteiger partial charge on any atom is -0.386 e. The highest BCUT2D eigenvalue weighted by Gasteiger charge is 2.21. The fraction of sp³-hybridized carbons (Fsp3) is 0.606. The van der Waals surface area contributed by atoms with Crippen LogP contribution in [0.1, 0.15) is 99.3 Å². The summed E-state index contributed by atoms with van der Waals surface area (Å²) >= 11 is 0. The summed E-state index contributed by atoms with van der Waals surface area (Å²) in [6.07, 6.45) is 24.4. The van der Waals surface area contributed by atoms with Crippen LogP contribution in [-0.2, 0) is 9.59 Å². The molecule has 1 aliphatic carbocycles. The highest BCUT2D eigenvalue weighted by molar-refractivity contribution is 5.83. The molecule has 0 aromatic carbocycles. The van der Waals surface area contributed by atoms with Crippen LogP contribution in [0.2, 0.25) is 0 Å². The SMILES string of the molecule is C=C\C=C(NC)/C(=C\CNC(=O)C1CCCC1)/N=C\C(\C=C/C)=C\C.CC.CCCCC(C=O)CCC.CN. The molecule has 39 heavy (non-hydrogen) atoms. The smallest absolute Gasteiger partial charge is 0.223 e. The zero-order valence-electron chi connectivity index (χ0n) is 26.4. The Morgan fingerprint density at radius 3 is 2.21 bits per heavy atom. The van der Waals surface area contributed by atoms with E-state index in [0.29, 0.717) is 12.5 Å². The Hall–Kier alpha value is -2.73. The predicted molar refractivity (Wildman–Crippen MR) is 173 cm³/mol. The van der Waals surface area contributed by atoms with Gasteiger partial charge >= 0.3 is 0 Å². The van der Waals surface area contributed by atoms with E-state index in [1.165, 1.54) is 19.9 Å². The van der Waals surface area contributed by atoms with Gasteiger partial charge in [0.15, 0.2) is 0 Å². The molecule has 0 aliphatic heterocycles. The van der Waals surface area contributed by atoms with E-state index in [0.717, 1.165) is 68.2 Å². The molecule has 0 spiro atoms. The topological polar surface area (TPSA) is 96.6 Å². The van der Waals surface area contributed by atoms with Gasteiger partial charge in [-0.3, -0.25) is 9.79 Å². The third-order valence-corrected chi connectivity index (χ3v) is 5.95. The predicted octanol–water partition coefficient (Wildman–Crippen LogP) is 7.45. The van der Waals surface area contributed by atoms with Crippen molar-refractivity contribution in [3.05, 3.63) is 60.0 Å². The van der Waals surface area contributed by atoms with Crippen molar-refractivity contribution in [3.8, 4) is 0 Å². The summed E-state index contributed by atoms with van der Waals surface area (Å²) in [6.45, 7) is 16.5. The van der Waals surface area contributed by atoms with Crippen molar-refractivity contribution in [1.82, 2.24) is 10.6 Å². The summed E-state index contributed by atoms with van der Waals surface area (Å²) < 4.78 is 0. The molecule has 224 valence electrons. The van der Waals surface area contributed by atoms with Crippen molar-refractivity contribution in [1.29, 1.82) is 0 Å². The number of amides is 1. The van der Waals surface area contributed by atoms with Crippen LogP contribution in [0.15, 0.2) is 65.0 Å². The minimum absolute atomic E-state index is 0.152. The fourth-order valence-corrected chi connectivity index (χ4v) is 3.90. The lowest BCUT2D eigenvalue weighted by molar-refractivity contribution is -0.124. The molecular formula is C33H60N4O2. The van der Waals surface area contributed by atoms with Crippen molar-refractivity contribution in [3.63, 3.8) is 0 Å². The molecule has 1 unspecified atom stereocenters. The molecule has 6 heteroatoms. The van der Waals surface area contributed by atoms with Crippen LogP contribution in [0.5, 0.6) is 0 Å². The molecule has 4 N–H and O–H groups in total. The minimum atomic E-state index is 0.152. The van der Waals surface area contributed by atoms with Gasteiger partial charge in [0.05, 0.1) is 11.4 Å². The molecule has 1 amide bonds. The maximum Gasteiger partial charge on any atom is 0.223 e. The molecule has 6 nitrogen and oxygen atoms in total. The Morgan fingerprint density at radius 1 is 1.10 bits per heavy atom. The number of nitrogens with two attached hydrogens (primary N) is 1. The first kappa shape index (κ1) is 40.8. The van der Waals surface area contributed by atoms with Crippen molar-refractivity contribution < 1.29 is 9.59 Å². The van der Waals surface area contributed by atoms with Crippen LogP contribution in [-0.4, -0.2) is 39.0 Å². The van der Waals surface area contributed by atoms with E-state index < -0.39 is 0 Å². The lowest BCUT2D eigenvalue weighted by atomic mass is 9.99. The van der Waals surface area contributed by atoms with Crippen LogP contribution in [0.3, 0.4) is 0 Å². The lowest BCUT2D eigenvalue weighted by Gasteiger charge is -2.10. The van der Waals surface area contributed by atoms with Gasteiger partial charge < -0.3 is 21.2 Å². The van der Waals surface area contributed by atoms with E-state index in [-0.39, 0.29) is 11.8 Å². The van der Waals surface area contributed by atoms with Crippen LogP contribution in [0.25, 0.3) is 0 Å². The first-order valence-corrected chi connectivity index (χ1v) is 14.9.